The summed E-state index contributed by atoms with van der Waals surface area (Å²) >= 11 is 0. The average molecular weight is 488 g/mol. The molecule has 0 saturated heterocycles. The van der Waals surface area contributed by atoms with Crippen molar-refractivity contribution in [3.05, 3.63) is 113 Å². The Labute approximate surface area is 212 Å². The van der Waals surface area contributed by atoms with Gasteiger partial charge in [0.2, 0.25) is 0 Å². The SMILES string of the molecule is Cc1cc([C@H]2C[C@H](CN[C@H](C)c3cccc4ccccc34)Oc3ccccc32)ccc1C(=O)O.Cl. The Morgan fingerprint density at radius 2 is 1.77 bits per heavy atom. The van der Waals surface area contributed by atoms with E-state index in [1.54, 1.807) is 6.07 Å². The van der Waals surface area contributed by atoms with Gasteiger partial charge in [-0.15, -0.1) is 12.4 Å². The zero-order valence-corrected chi connectivity index (χ0v) is 20.7. The maximum atomic E-state index is 11.5. The first-order chi connectivity index (χ1) is 16.5. The van der Waals surface area contributed by atoms with Gasteiger partial charge < -0.3 is 15.2 Å². The second-order valence-electron chi connectivity index (χ2n) is 9.14. The van der Waals surface area contributed by atoms with E-state index in [1.165, 1.54) is 16.3 Å². The van der Waals surface area contributed by atoms with Crippen LogP contribution in [0.2, 0.25) is 0 Å². The Hall–Kier alpha value is -3.34. The van der Waals surface area contributed by atoms with Gasteiger partial charge in [0.05, 0.1) is 5.56 Å². The molecule has 0 aliphatic carbocycles. The fourth-order valence-electron chi connectivity index (χ4n) is 5.12. The van der Waals surface area contributed by atoms with E-state index in [1.807, 2.05) is 37.3 Å². The summed E-state index contributed by atoms with van der Waals surface area (Å²) in [6.07, 6.45) is 0.842. The van der Waals surface area contributed by atoms with Crippen LogP contribution in [0.3, 0.4) is 0 Å². The standard InChI is InChI=1S/C30H29NO3.ClH/c1-19-16-22(14-15-24(19)30(32)33)28-17-23(34-29-13-6-5-11-27(28)29)18-31-20(2)25-12-7-9-21-8-3-4-10-26(21)25;/h3-16,20,23,28,31H,17-18H2,1-2H3,(H,32,33);1H/t20-,23-,28-;/m1./s1. The zero-order chi connectivity index (χ0) is 23.7. The average Bonchev–Trinajstić information content (AvgIpc) is 2.86. The Balaban J connectivity index is 0.00000289. The van der Waals surface area contributed by atoms with Crippen molar-refractivity contribution in [2.45, 2.75) is 38.3 Å². The lowest BCUT2D eigenvalue weighted by molar-refractivity contribution is 0.0696. The summed E-state index contributed by atoms with van der Waals surface area (Å²) in [4.78, 5) is 11.5. The second-order valence-corrected chi connectivity index (χ2v) is 9.14. The normalized spacial score (nSPS) is 17.7. The van der Waals surface area contributed by atoms with Crippen LogP contribution in [-0.4, -0.2) is 23.7 Å². The molecule has 0 unspecified atom stereocenters. The van der Waals surface area contributed by atoms with Gasteiger partial charge in [0.1, 0.15) is 11.9 Å². The van der Waals surface area contributed by atoms with Gasteiger partial charge in [0.25, 0.3) is 0 Å². The minimum absolute atomic E-state index is 0. The molecule has 4 nitrogen and oxygen atoms in total. The van der Waals surface area contributed by atoms with Crippen molar-refractivity contribution >= 4 is 29.1 Å². The number of para-hydroxylation sites is 1. The Morgan fingerprint density at radius 3 is 2.57 bits per heavy atom. The summed E-state index contributed by atoms with van der Waals surface area (Å²) in [5.74, 6) is 0.176. The predicted molar refractivity (Wildman–Crippen MR) is 143 cm³/mol. The fraction of sp³-hybridized carbons (Fsp3) is 0.233. The first-order valence-electron chi connectivity index (χ1n) is 11.8. The molecule has 3 atom stereocenters. The molecule has 1 aliphatic rings. The van der Waals surface area contributed by atoms with E-state index in [2.05, 4.69) is 60.8 Å². The van der Waals surface area contributed by atoms with Crippen molar-refractivity contribution in [1.29, 1.82) is 0 Å². The molecule has 1 aliphatic heterocycles. The van der Waals surface area contributed by atoms with E-state index in [0.29, 0.717) is 5.56 Å². The van der Waals surface area contributed by atoms with Crippen molar-refractivity contribution in [3.63, 3.8) is 0 Å². The van der Waals surface area contributed by atoms with Crippen molar-refractivity contribution in [2.24, 2.45) is 0 Å². The molecule has 180 valence electrons. The molecule has 0 aromatic heterocycles. The minimum atomic E-state index is -0.888. The van der Waals surface area contributed by atoms with Gasteiger partial charge in [-0.2, -0.15) is 0 Å². The number of nitrogens with one attached hydrogen (secondary N) is 1. The first kappa shape index (κ1) is 24.8. The van der Waals surface area contributed by atoms with Gasteiger partial charge in [-0.05, 0) is 59.9 Å². The predicted octanol–water partition coefficient (Wildman–Crippen LogP) is 6.90. The molecule has 0 spiro atoms. The third-order valence-corrected chi connectivity index (χ3v) is 6.91. The Kier molecular flexibility index (Phi) is 7.44. The van der Waals surface area contributed by atoms with Gasteiger partial charge in [-0.3, -0.25) is 0 Å². The van der Waals surface area contributed by atoms with E-state index < -0.39 is 5.97 Å². The third kappa shape index (κ3) is 5.04. The molecule has 0 radical (unpaired) electrons. The number of hydrogen-bond acceptors (Lipinski definition) is 3. The van der Waals surface area contributed by atoms with Crippen LogP contribution in [0.5, 0.6) is 5.75 Å². The molecule has 0 amide bonds. The number of carbonyl (C=O) groups is 1. The number of carboxylic acids is 1. The molecule has 2 N–H and O–H groups in total. The summed E-state index contributed by atoms with van der Waals surface area (Å²) in [6, 6.07) is 29.0. The Bertz CT molecular complexity index is 1350. The van der Waals surface area contributed by atoms with Gasteiger partial charge in [-0.25, -0.2) is 4.79 Å². The maximum absolute atomic E-state index is 11.5. The molecular weight excluding hydrogens is 458 g/mol. The fourth-order valence-corrected chi connectivity index (χ4v) is 5.12. The minimum Gasteiger partial charge on any atom is -0.489 e. The van der Waals surface area contributed by atoms with E-state index >= 15 is 0 Å². The van der Waals surface area contributed by atoms with Gasteiger partial charge in [-0.1, -0.05) is 72.8 Å². The largest absolute Gasteiger partial charge is 0.489 e. The molecule has 1 heterocycles. The monoisotopic (exact) mass is 487 g/mol. The lowest BCUT2D eigenvalue weighted by Crippen LogP contribution is -2.37. The van der Waals surface area contributed by atoms with Crippen LogP contribution in [-0.2, 0) is 0 Å². The molecule has 0 fully saturated rings. The number of ether oxygens (including phenoxy) is 1. The van der Waals surface area contributed by atoms with Crippen LogP contribution in [0.25, 0.3) is 10.8 Å². The molecule has 4 aromatic carbocycles. The lowest BCUT2D eigenvalue weighted by Gasteiger charge is -2.33. The van der Waals surface area contributed by atoms with Gasteiger partial charge >= 0.3 is 5.97 Å². The molecule has 0 bridgehead atoms. The zero-order valence-electron chi connectivity index (χ0n) is 19.9. The van der Waals surface area contributed by atoms with Crippen LogP contribution in [0.1, 0.15) is 57.9 Å². The number of halogens is 1. The highest BCUT2D eigenvalue weighted by Gasteiger charge is 2.30. The number of carboxylic acid groups (broad SMARTS) is 1. The van der Waals surface area contributed by atoms with Crippen LogP contribution in [0, 0.1) is 6.92 Å². The number of rotatable bonds is 6. The van der Waals surface area contributed by atoms with Crippen LogP contribution >= 0.6 is 12.4 Å². The van der Waals surface area contributed by atoms with Gasteiger partial charge in [0.15, 0.2) is 0 Å². The summed E-state index contributed by atoms with van der Waals surface area (Å²) in [5.41, 5.74) is 4.71. The van der Waals surface area contributed by atoms with E-state index in [4.69, 9.17) is 4.74 Å². The first-order valence-corrected chi connectivity index (χ1v) is 11.8. The number of benzene rings is 4. The number of fused-ring (bicyclic) bond motifs is 2. The molecular formula is C30H30ClNO3. The van der Waals surface area contributed by atoms with E-state index in [-0.39, 0.29) is 30.5 Å². The Morgan fingerprint density at radius 1 is 1.03 bits per heavy atom. The van der Waals surface area contributed by atoms with Crippen molar-refractivity contribution < 1.29 is 14.6 Å². The number of aromatic carboxylic acids is 1. The quantitative estimate of drug-likeness (QED) is 0.310. The summed E-state index contributed by atoms with van der Waals surface area (Å²) < 4.78 is 6.39. The molecule has 5 rings (SSSR count). The van der Waals surface area contributed by atoms with Crippen LogP contribution < -0.4 is 10.1 Å². The molecule has 0 saturated carbocycles. The highest BCUT2D eigenvalue weighted by molar-refractivity contribution is 5.89. The van der Waals surface area contributed by atoms with Crippen LogP contribution in [0.4, 0.5) is 0 Å². The van der Waals surface area contributed by atoms with Crippen molar-refractivity contribution in [1.82, 2.24) is 5.32 Å². The topological polar surface area (TPSA) is 58.6 Å². The second kappa shape index (κ2) is 10.5. The maximum Gasteiger partial charge on any atom is 0.335 e. The summed E-state index contributed by atoms with van der Waals surface area (Å²) in [6.45, 7) is 4.79. The summed E-state index contributed by atoms with van der Waals surface area (Å²) in [5, 5.41) is 15.6. The molecule has 5 heteroatoms. The lowest BCUT2D eigenvalue weighted by atomic mass is 9.83. The van der Waals surface area contributed by atoms with Gasteiger partial charge in [0, 0.05) is 24.1 Å². The third-order valence-electron chi connectivity index (χ3n) is 6.91. The van der Waals surface area contributed by atoms with Crippen molar-refractivity contribution in [2.75, 3.05) is 6.54 Å². The molecule has 4 aromatic rings. The smallest absolute Gasteiger partial charge is 0.335 e. The van der Waals surface area contributed by atoms with E-state index in [0.717, 1.165) is 35.4 Å². The van der Waals surface area contributed by atoms with E-state index in [9.17, 15) is 9.90 Å². The highest BCUT2D eigenvalue weighted by atomic mass is 35.5. The highest BCUT2D eigenvalue weighted by Crippen LogP contribution is 2.40. The molecule has 35 heavy (non-hydrogen) atoms. The number of hydrogen-bond donors (Lipinski definition) is 2. The number of aryl methyl sites for hydroxylation is 1. The van der Waals surface area contributed by atoms with Crippen molar-refractivity contribution in [3.8, 4) is 5.75 Å². The summed E-state index contributed by atoms with van der Waals surface area (Å²) in [7, 11) is 0. The van der Waals surface area contributed by atoms with Crippen LogP contribution in [0.15, 0.2) is 84.9 Å².